The molecule has 4 atom stereocenters. The summed E-state index contributed by atoms with van der Waals surface area (Å²) in [6.45, 7) is 3.61. The number of nitrogens with one attached hydrogen (secondary N) is 4. The van der Waals surface area contributed by atoms with Crippen LogP contribution in [0.4, 0.5) is 39.5 Å². The molecular weight excluding hydrogens is 617 g/mol. The Bertz CT molecular complexity index is 1430. The molecule has 1 unspecified atom stereocenters. The number of nitrogens with zero attached hydrogens (tertiary/aromatic N) is 1. The molecule has 244 valence electrons. The third-order valence-electron chi connectivity index (χ3n) is 7.02. The first-order valence-corrected chi connectivity index (χ1v) is 13.1. The van der Waals surface area contributed by atoms with Crippen LogP contribution in [0.3, 0.4) is 0 Å². The molecular formula is C26H28F9N5O4. The summed E-state index contributed by atoms with van der Waals surface area (Å²) >= 11 is 0. The van der Waals surface area contributed by atoms with Gasteiger partial charge in [0, 0.05) is 5.92 Å². The van der Waals surface area contributed by atoms with E-state index in [9.17, 15) is 59.5 Å². The Kier molecular flexibility index (Phi) is 10.0. The van der Waals surface area contributed by atoms with Gasteiger partial charge in [-0.15, -0.1) is 0 Å². The average molecular weight is 646 g/mol. The summed E-state index contributed by atoms with van der Waals surface area (Å²) in [6, 6.07) is -1.22. The predicted octanol–water partition coefficient (Wildman–Crippen LogP) is 4.70. The molecule has 1 aromatic heterocycles. The fourth-order valence-corrected chi connectivity index (χ4v) is 5.12. The van der Waals surface area contributed by atoms with Gasteiger partial charge in [-0.1, -0.05) is 13.8 Å². The Morgan fingerprint density at radius 3 is 2.14 bits per heavy atom. The molecule has 0 spiro atoms. The average Bonchev–Trinajstić information content (AvgIpc) is 3.48. The summed E-state index contributed by atoms with van der Waals surface area (Å²) < 4.78 is 130. The maximum Gasteiger partial charge on any atom is 0.419 e. The lowest BCUT2D eigenvalue weighted by atomic mass is 9.97. The topological polar surface area (TPSA) is 139 Å². The van der Waals surface area contributed by atoms with Crippen LogP contribution in [0.1, 0.15) is 60.3 Å². The number of H-pyrrole nitrogens is 1. The van der Waals surface area contributed by atoms with Crippen molar-refractivity contribution in [3.05, 3.63) is 28.5 Å². The van der Waals surface area contributed by atoms with Crippen molar-refractivity contribution in [1.82, 2.24) is 20.9 Å². The molecule has 1 aromatic carbocycles. The minimum atomic E-state index is -5.83. The van der Waals surface area contributed by atoms with Crippen LogP contribution in [0.25, 0.3) is 10.9 Å². The minimum Gasteiger partial charge on any atom is -0.496 e. The lowest BCUT2D eigenvalue weighted by Gasteiger charge is -2.23. The molecule has 0 radical (unpaired) electrons. The SMILES string of the molecule is COc1cc(C(F)(F)F)c(C(F)(F)F)c2[nH]c(C(=O)N[C@@H](CC(C)C)C(=O)N[C@H](C#N)C[C@@H]3CCNC3O)c(C(F)(F)F)c12. The molecule has 18 heteroatoms. The first-order chi connectivity index (χ1) is 20.2. The highest BCUT2D eigenvalue weighted by molar-refractivity contribution is 6.06. The second-order valence-corrected chi connectivity index (χ2v) is 10.6. The molecule has 1 saturated heterocycles. The Balaban J connectivity index is 2.11. The molecule has 2 aromatic rings. The Hall–Kier alpha value is -3.72. The summed E-state index contributed by atoms with van der Waals surface area (Å²) in [6.07, 6.45) is -17.8. The molecule has 1 fully saturated rings. The van der Waals surface area contributed by atoms with E-state index in [2.05, 4.69) is 15.4 Å². The molecule has 44 heavy (non-hydrogen) atoms. The first-order valence-electron chi connectivity index (χ1n) is 13.1. The van der Waals surface area contributed by atoms with E-state index >= 15 is 0 Å². The summed E-state index contributed by atoms with van der Waals surface area (Å²) in [5.41, 5.74) is -10.2. The maximum atomic E-state index is 14.3. The van der Waals surface area contributed by atoms with Gasteiger partial charge >= 0.3 is 18.5 Å². The van der Waals surface area contributed by atoms with E-state index in [1.807, 2.05) is 11.4 Å². The van der Waals surface area contributed by atoms with Gasteiger partial charge in [-0.25, -0.2) is 0 Å². The maximum absolute atomic E-state index is 14.3. The summed E-state index contributed by atoms with van der Waals surface area (Å²) in [5, 5.41) is 25.1. The van der Waals surface area contributed by atoms with Gasteiger partial charge in [0.2, 0.25) is 5.91 Å². The van der Waals surface area contributed by atoms with Gasteiger partial charge in [-0.05, 0) is 37.8 Å². The standard InChI is InChI=1S/C26H28F9N5O4/c1-10(2)6-14(22(42)38-12(9-36)7-11-4-5-37-21(11)41)39-23(43)20-18(26(33,34)35)16-15(44-3)8-13(24(27,28)29)17(19(16)40-20)25(30,31)32/h8,10-12,14,21,37,40-41H,4-7H2,1-3H3,(H,38,42)(H,39,43)/t11-,12-,14-,21?/m0/s1. The number of halogens is 9. The molecule has 1 aliphatic rings. The van der Waals surface area contributed by atoms with Crippen LogP contribution in [-0.4, -0.2) is 53.9 Å². The molecule has 2 amide bonds. The van der Waals surface area contributed by atoms with Crippen molar-refractivity contribution in [3.63, 3.8) is 0 Å². The molecule has 2 heterocycles. The van der Waals surface area contributed by atoms with E-state index in [0.29, 0.717) is 20.1 Å². The zero-order chi connectivity index (χ0) is 33.4. The predicted molar refractivity (Wildman–Crippen MR) is 135 cm³/mol. The summed E-state index contributed by atoms with van der Waals surface area (Å²) in [4.78, 5) is 27.9. The van der Waals surface area contributed by atoms with Crippen molar-refractivity contribution < 1.29 is 58.9 Å². The summed E-state index contributed by atoms with van der Waals surface area (Å²) in [7, 11) is 0.643. The molecule has 1 aliphatic heterocycles. The van der Waals surface area contributed by atoms with E-state index < -0.39 is 93.6 Å². The Labute approximate surface area is 244 Å². The fraction of sp³-hybridized carbons (Fsp3) is 0.577. The van der Waals surface area contributed by atoms with E-state index in [1.165, 1.54) is 0 Å². The first kappa shape index (κ1) is 34.8. The van der Waals surface area contributed by atoms with Crippen molar-refractivity contribution in [3.8, 4) is 11.8 Å². The number of ether oxygens (including phenoxy) is 1. The monoisotopic (exact) mass is 645 g/mol. The second kappa shape index (κ2) is 12.7. The number of aliphatic hydroxyl groups excluding tert-OH is 1. The number of aliphatic hydroxyl groups is 1. The van der Waals surface area contributed by atoms with Crippen molar-refractivity contribution in [2.75, 3.05) is 13.7 Å². The number of alkyl halides is 9. The largest absolute Gasteiger partial charge is 0.496 e. The lowest BCUT2D eigenvalue weighted by Crippen LogP contribution is -2.50. The van der Waals surface area contributed by atoms with Gasteiger partial charge in [0.15, 0.2) is 0 Å². The number of amides is 2. The van der Waals surface area contributed by atoms with Crippen LogP contribution in [0, 0.1) is 23.2 Å². The van der Waals surface area contributed by atoms with E-state index in [1.54, 1.807) is 18.8 Å². The number of rotatable bonds is 9. The summed E-state index contributed by atoms with van der Waals surface area (Å²) in [5.74, 6) is -4.81. The van der Waals surface area contributed by atoms with Gasteiger partial charge in [-0.2, -0.15) is 44.8 Å². The normalized spacial score (nSPS) is 19.1. The third kappa shape index (κ3) is 7.49. The van der Waals surface area contributed by atoms with Crippen LogP contribution in [0.15, 0.2) is 6.07 Å². The van der Waals surface area contributed by atoms with Crippen LogP contribution < -0.4 is 20.7 Å². The smallest absolute Gasteiger partial charge is 0.419 e. The van der Waals surface area contributed by atoms with Crippen molar-refractivity contribution in [2.45, 2.75) is 70.0 Å². The molecule has 9 nitrogen and oxygen atoms in total. The molecule has 0 aliphatic carbocycles. The number of carbonyl (C=O) groups excluding carboxylic acids is 2. The zero-order valence-corrected chi connectivity index (χ0v) is 23.3. The number of nitriles is 1. The van der Waals surface area contributed by atoms with E-state index in [-0.39, 0.29) is 24.8 Å². The van der Waals surface area contributed by atoms with Gasteiger partial charge in [-0.3, -0.25) is 14.9 Å². The van der Waals surface area contributed by atoms with E-state index in [4.69, 9.17) is 0 Å². The molecule has 0 saturated carbocycles. The molecule has 0 bridgehead atoms. The molecule has 5 N–H and O–H groups in total. The number of benzene rings is 1. The van der Waals surface area contributed by atoms with Gasteiger partial charge in [0.25, 0.3) is 5.91 Å². The number of carbonyl (C=O) groups is 2. The quantitative estimate of drug-likeness (QED) is 0.251. The number of aromatic amines is 1. The number of hydrogen-bond acceptors (Lipinski definition) is 6. The number of hydrogen-bond donors (Lipinski definition) is 5. The Morgan fingerprint density at radius 2 is 1.68 bits per heavy atom. The second-order valence-electron chi connectivity index (χ2n) is 10.6. The van der Waals surface area contributed by atoms with Gasteiger partial charge < -0.3 is 25.5 Å². The Morgan fingerprint density at radius 1 is 1.07 bits per heavy atom. The van der Waals surface area contributed by atoms with Crippen molar-refractivity contribution in [2.24, 2.45) is 11.8 Å². The van der Waals surface area contributed by atoms with Crippen molar-refractivity contribution >= 4 is 22.7 Å². The van der Waals surface area contributed by atoms with Crippen molar-refractivity contribution in [1.29, 1.82) is 5.26 Å². The number of aromatic nitrogens is 1. The highest BCUT2D eigenvalue weighted by Gasteiger charge is 2.49. The van der Waals surface area contributed by atoms with E-state index in [0.717, 1.165) is 0 Å². The fourth-order valence-electron chi connectivity index (χ4n) is 5.12. The number of methoxy groups -OCH3 is 1. The third-order valence-corrected chi connectivity index (χ3v) is 7.02. The van der Waals surface area contributed by atoms with Crippen LogP contribution in [0.5, 0.6) is 5.75 Å². The van der Waals surface area contributed by atoms with Crippen LogP contribution >= 0.6 is 0 Å². The number of fused-ring (bicyclic) bond motifs is 1. The highest BCUT2D eigenvalue weighted by Crippen LogP contribution is 2.50. The van der Waals surface area contributed by atoms with Crippen LogP contribution in [-0.2, 0) is 23.3 Å². The minimum absolute atomic E-state index is 0.0133. The highest BCUT2D eigenvalue weighted by atomic mass is 19.4. The molecule has 3 rings (SSSR count). The van der Waals surface area contributed by atoms with Crippen LogP contribution in [0.2, 0.25) is 0 Å². The van der Waals surface area contributed by atoms with Gasteiger partial charge in [0.1, 0.15) is 29.8 Å². The van der Waals surface area contributed by atoms with Gasteiger partial charge in [0.05, 0.1) is 40.8 Å². The lowest BCUT2D eigenvalue weighted by molar-refractivity contribution is -0.161. The zero-order valence-electron chi connectivity index (χ0n) is 23.3.